The Morgan fingerprint density at radius 3 is 2.84 bits per heavy atom. The molecule has 0 saturated carbocycles. The summed E-state index contributed by atoms with van der Waals surface area (Å²) in [6.45, 7) is 0. The lowest BCUT2D eigenvalue weighted by molar-refractivity contribution is 0.0697. The van der Waals surface area contributed by atoms with Crippen LogP contribution in [0, 0.1) is 0 Å². The van der Waals surface area contributed by atoms with Crippen molar-refractivity contribution in [1.82, 2.24) is 15.0 Å². The quantitative estimate of drug-likeness (QED) is 0.647. The second-order valence-electron chi connectivity index (χ2n) is 4.08. The number of nitrogens with two attached hydrogens (primary N) is 1. The number of hydrogen-bond acceptors (Lipinski definition) is 4. The number of pyridine rings is 1. The van der Waals surface area contributed by atoms with Gasteiger partial charge < -0.3 is 15.8 Å². The zero-order valence-electron chi connectivity index (χ0n) is 9.79. The number of fused-ring (bicyclic) bond motifs is 1. The molecule has 0 radical (unpaired) electrons. The van der Waals surface area contributed by atoms with Crippen molar-refractivity contribution in [2.75, 3.05) is 5.73 Å². The number of carboxylic acids is 1. The van der Waals surface area contributed by atoms with Gasteiger partial charge in [0.2, 0.25) is 0 Å². The first-order chi connectivity index (χ1) is 9.13. The first-order valence-corrected chi connectivity index (χ1v) is 5.59. The van der Waals surface area contributed by atoms with Gasteiger partial charge in [-0.05, 0) is 24.3 Å². The maximum absolute atomic E-state index is 10.9. The number of nitrogens with zero attached hydrogens (tertiary/aromatic N) is 2. The molecular formula is C13H10N4O2. The number of aromatic amines is 1. The molecule has 0 atom stereocenters. The molecule has 0 saturated heterocycles. The van der Waals surface area contributed by atoms with Crippen LogP contribution in [0.25, 0.3) is 22.6 Å². The fourth-order valence-electron chi connectivity index (χ4n) is 1.84. The van der Waals surface area contributed by atoms with Gasteiger partial charge in [0.25, 0.3) is 0 Å². The summed E-state index contributed by atoms with van der Waals surface area (Å²) in [5.74, 6) is -0.0126. The predicted octanol–water partition coefficient (Wildman–Crippen LogP) is 1.91. The van der Waals surface area contributed by atoms with Gasteiger partial charge in [0.05, 0.1) is 11.1 Å². The number of hydrogen-bond donors (Lipinski definition) is 3. The smallest absolute Gasteiger partial charge is 0.335 e. The summed E-state index contributed by atoms with van der Waals surface area (Å²) < 4.78 is 0. The molecule has 0 aliphatic heterocycles. The van der Waals surface area contributed by atoms with Crippen LogP contribution in [0.2, 0.25) is 0 Å². The minimum Gasteiger partial charge on any atom is -0.478 e. The number of nitrogen functional groups attached to an aromatic ring is 1. The molecule has 4 N–H and O–H groups in total. The molecule has 6 nitrogen and oxygen atoms in total. The third kappa shape index (κ3) is 1.99. The molecule has 2 aromatic heterocycles. The average Bonchev–Trinajstić information content (AvgIpc) is 2.81. The van der Waals surface area contributed by atoms with Gasteiger partial charge in [-0.15, -0.1) is 0 Å². The Balaban J connectivity index is 2.13. The number of rotatable bonds is 2. The highest BCUT2D eigenvalue weighted by atomic mass is 16.4. The van der Waals surface area contributed by atoms with Crippen LogP contribution in [-0.4, -0.2) is 26.0 Å². The van der Waals surface area contributed by atoms with Crippen LogP contribution in [0.4, 0.5) is 5.82 Å². The van der Waals surface area contributed by atoms with Gasteiger partial charge in [-0.1, -0.05) is 12.1 Å². The number of aromatic nitrogens is 3. The maximum Gasteiger partial charge on any atom is 0.335 e. The van der Waals surface area contributed by atoms with E-state index in [1.165, 1.54) is 6.07 Å². The predicted molar refractivity (Wildman–Crippen MR) is 70.7 cm³/mol. The number of aromatic carboxylic acids is 1. The lowest BCUT2D eigenvalue weighted by Gasteiger charge is -1.98. The van der Waals surface area contributed by atoms with E-state index in [4.69, 9.17) is 10.8 Å². The summed E-state index contributed by atoms with van der Waals surface area (Å²) in [5.41, 5.74) is 7.76. The van der Waals surface area contributed by atoms with Crippen molar-refractivity contribution in [1.29, 1.82) is 0 Å². The lowest BCUT2D eigenvalue weighted by Crippen LogP contribution is -1.96. The molecule has 0 bridgehead atoms. The number of imidazole rings is 1. The minimum absolute atomic E-state index is 0.213. The van der Waals surface area contributed by atoms with Crippen molar-refractivity contribution in [2.45, 2.75) is 0 Å². The largest absolute Gasteiger partial charge is 0.478 e. The summed E-state index contributed by atoms with van der Waals surface area (Å²) in [6.07, 6.45) is 0. The third-order valence-corrected chi connectivity index (χ3v) is 2.75. The van der Waals surface area contributed by atoms with Crippen LogP contribution in [0.3, 0.4) is 0 Å². The van der Waals surface area contributed by atoms with Gasteiger partial charge in [-0.3, -0.25) is 0 Å². The molecular weight excluding hydrogens is 244 g/mol. The second kappa shape index (κ2) is 4.09. The number of carbonyl (C=O) groups is 1. The van der Waals surface area contributed by atoms with Crippen molar-refractivity contribution in [3.05, 3.63) is 42.0 Å². The molecule has 2 heterocycles. The Morgan fingerprint density at radius 2 is 2.05 bits per heavy atom. The summed E-state index contributed by atoms with van der Waals surface area (Å²) in [6, 6.07) is 10.0. The molecule has 1 aromatic carbocycles. The zero-order valence-corrected chi connectivity index (χ0v) is 9.79. The third-order valence-electron chi connectivity index (χ3n) is 2.75. The molecule has 6 heteroatoms. The van der Waals surface area contributed by atoms with Crippen LogP contribution < -0.4 is 5.73 Å². The fraction of sp³-hybridized carbons (Fsp3) is 0. The Morgan fingerprint density at radius 1 is 1.21 bits per heavy atom. The van der Waals surface area contributed by atoms with E-state index < -0.39 is 5.97 Å². The summed E-state index contributed by atoms with van der Waals surface area (Å²) in [5, 5.41) is 8.97. The lowest BCUT2D eigenvalue weighted by atomic mass is 10.1. The van der Waals surface area contributed by atoms with Gasteiger partial charge >= 0.3 is 5.97 Å². The summed E-state index contributed by atoms with van der Waals surface area (Å²) >= 11 is 0. The van der Waals surface area contributed by atoms with Gasteiger partial charge in [0.15, 0.2) is 5.65 Å². The van der Waals surface area contributed by atoms with Gasteiger partial charge in [0, 0.05) is 5.56 Å². The first kappa shape index (κ1) is 11.2. The van der Waals surface area contributed by atoms with Crippen LogP contribution in [-0.2, 0) is 0 Å². The SMILES string of the molecule is Nc1ccc2[nH]c(-c3cccc(C(=O)O)c3)nc2n1. The van der Waals surface area contributed by atoms with Crippen LogP contribution >= 0.6 is 0 Å². The van der Waals surface area contributed by atoms with Crippen LogP contribution in [0.5, 0.6) is 0 Å². The zero-order chi connectivity index (χ0) is 13.4. The minimum atomic E-state index is -0.972. The number of carboxylic acid groups (broad SMARTS) is 1. The van der Waals surface area contributed by atoms with E-state index in [1.54, 1.807) is 30.3 Å². The molecule has 3 aromatic rings. The fourth-order valence-corrected chi connectivity index (χ4v) is 1.84. The number of H-pyrrole nitrogens is 1. The molecule has 0 aliphatic rings. The normalized spacial score (nSPS) is 10.7. The van der Waals surface area contributed by atoms with E-state index in [-0.39, 0.29) is 5.56 Å². The first-order valence-electron chi connectivity index (χ1n) is 5.59. The van der Waals surface area contributed by atoms with Gasteiger partial charge in [-0.25, -0.2) is 14.8 Å². The van der Waals surface area contributed by atoms with Crippen LogP contribution in [0.15, 0.2) is 36.4 Å². The average molecular weight is 254 g/mol. The number of nitrogens with one attached hydrogen (secondary N) is 1. The van der Waals surface area contributed by atoms with Crippen molar-refractivity contribution >= 4 is 23.0 Å². The maximum atomic E-state index is 10.9. The van der Waals surface area contributed by atoms with Crippen molar-refractivity contribution < 1.29 is 9.90 Å². The Labute approximate surface area is 107 Å². The molecule has 0 amide bonds. The highest BCUT2D eigenvalue weighted by Gasteiger charge is 2.09. The highest BCUT2D eigenvalue weighted by molar-refractivity contribution is 5.89. The number of benzene rings is 1. The Bertz CT molecular complexity index is 779. The van der Waals surface area contributed by atoms with Crippen molar-refractivity contribution in [3.8, 4) is 11.4 Å². The van der Waals surface area contributed by atoms with E-state index >= 15 is 0 Å². The van der Waals surface area contributed by atoms with Crippen molar-refractivity contribution in [3.63, 3.8) is 0 Å². The van der Waals surface area contributed by atoms with E-state index in [0.717, 1.165) is 5.52 Å². The molecule has 0 fully saturated rings. The van der Waals surface area contributed by atoms with E-state index in [2.05, 4.69) is 15.0 Å². The standard InChI is InChI=1S/C13H10N4O2/c14-10-5-4-9-12(16-10)17-11(15-9)7-2-1-3-8(6-7)13(18)19/h1-6H,(H,18,19)(H3,14,15,16,17). The Hall–Kier alpha value is -2.89. The van der Waals surface area contributed by atoms with Crippen LogP contribution in [0.1, 0.15) is 10.4 Å². The van der Waals surface area contributed by atoms with Crippen molar-refractivity contribution in [2.24, 2.45) is 0 Å². The molecule has 19 heavy (non-hydrogen) atoms. The molecule has 0 unspecified atom stereocenters. The van der Waals surface area contributed by atoms with E-state index in [9.17, 15) is 4.79 Å². The number of anilines is 1. The molecule has 3 rings (SSSR count). The second-order valence-corrected chi connectivity index (χ2v) is 4.08. The molecule has 0 aliphatic carbocycles. The Kier molecular flexibility index (Phi) is 2.42. The van der Waals surface area contributed by atoms with Gasteiger partial charge in [0.1, 0.15) is 11.6 Å². The van der Waals surface area contributed by atoms with E-state index in [1.807, 2.05) is 0 Å². The van der Waals surface area contributed by atoms with Gasteiger partial charge in [-0.2, -0.15) is 0 Å². The monoisotopic (exact) mass is 254 g/mol. The van der Waals surface area contributed by atoms with E-state index in [0.29, 0.717) is 22.9 Å². The highest BCUT2D eigenvalue weighted by Crippen LogP contribution is 2.21. The molecule has 94 valence electrons. The molecule has 0 spiro atoms. The summed E-state index contributed by atoms with van der Waals surface area (Å²) in [4.78, 5) is 22.4. The topological polar surface area (TPSA) is 105 Å². The summed E-state index contributed by atoms with van der Waals surface area (Å²) in [7, 11) is 0.